The fourth-order valence-corrected chi connectivity index (χ4v) is 4.59. The summed E-state index contributed by atoms with van der Waals surface area (Å²) in [6.07, 6.45) is 4.53. The van der Waals surface area contributed by atoms with E-state index in [0.717, 1.165) is 23.2 Å². The van der Waals surface area contributed by atoms with Crippen molar-refractivity contribution in [2.45, 2.75) is 25.4 Å². The molecule has 1 fully saturated rings. The number of nitrogens with zero attached hydrogens (tertiary/aromatic N) is 4. The molecule has 6 nitrogen and oxygen atoms in total. The predicted molar refractivity (Wildman–Crippen MR) is 106 cm³/mol. The summed E-state index contributed by atoms with van der Waals surface area (Å²) in [4.78, 5) is 27.5. The van der Waals surface area contributed by atoms with Crippen LogP contribution in [-0.2, 0) is 17.9 Å². The van der Waals surface area contributed by atoms with Crippen LogP contribution in [0, 0.1) is 5.92 Å². The molecule has 1 saturated heterocycles. The number of pyridine rings is 1. The molecule has 2 aliphatic rings. The Hall–Kier alpha value is -3.15. The normalized spacial score (nSPS) is 20.6. The highest BCUT2D eigenvalue weighted by molar-refractivity contribution is 5.76. The fraction of sp³-hybridized carbons (Fsp3) is 0.318. The number of carbonyl (C=O) groups excluding carboxylic acids is 1. The van der Waals surface area contributed by atoms with Crippen molar-refractivity contribution >= 4 is 5.91 Å². The van der Waals surface area contributed by atoms with Gasteiger partial charge < -0.3 is 9.47 Å². The van der Waals surface area contributed by atoms with Gasteiger partial charge in [0, 0.05) is 49.7 Å². The molecule has 1 aromatic carbocycles. The molecule has 0 radical (unpaired) electrons. The molecular formula is C22H22N4O2. The number of benzene rings is 1. The minimum atomic E-state index is 0.0578. The number of amides is 1. The lowest BCUT2D eigenvalue weighted by Gasteiger charge is -2.43. The van der Waals surface area contributed by atoms with Crippen LogP contribution in [0.2, 0.25) is 0 Å². The van der Waals surface area contributed by atoms with Gasteiger partial charge in [0.2, 0.25) is 5.91 Å². The summed E-state index contributed by atoms with van der Waals surface area (Å²) in [5.74, 6) is 0.618. The number of hydrogen-bond acceptors (Lipinski definition) is 3. The van der Waals surface area contributed by atoms with Gasteiger partial charge in [-0.25, -0.2) is 0 Å². The van der Waals surface area contributed by atoms with Crippen LogP contribution in [0.4, 0.5) is 0 Å². The van der Waals surface area contributed by atoms with E-state index in [0.29, 0.717) is 25.6 Å². The third-order valence-corrected chi connectivity index (χ3v) is 5.87. The first-order valence-electron chi connectivity index (χ1n) is 9.73. The number of carbonyl (C=O) groups is 1. The zero-order valence-electron chi connectivity index (χ0n) is 15.6. The molecule has 2 aliphatic heterocycles. The predicted octanol–water partition coefficient (Wildman–Crippen LogP) is 2.36. The molecule has 0 aliphatic carbocycles. The number of fused-ring (bicyclic) bond motifs is 4. The first kappa shape index (κ1) is 17.0. The third-order valence-electron chi connectivity index (χ3n) is 5.87. The van der Waals surface area contributed by atoms with Crippen LogP contribution in [0.3, 0.4) is 0 Å². The van der Waals surface area contributed by atoms with Gasteiger partial charge in [-0.3, -0.25) is 14.3 Å². The van der Waals surface area contributed by atoms with Gasteiger partial charge in [-0.05, 0) is 35.6 Å². The van der Waals surface area contributed by atoms with Gasteiger partial charge in [-0.1, -0.05) is 30.3 Å². The van der Waals surface area contributed by atoms with E-state index in [1.54, 1.807) is 16.9 Å². The summed E-state index contributed by atoms with van der Waals surface area (Å²) in [5, 5.41) is 4.14. The Labute approximate surface area is 163 Å². The lowest BCUT2D eigenvalue weighted by atomic mass is 9.82. The molecule has 3 aromatic rings. The molecule has 6 heteroatoms. The number of piperidine rings is 1. The SMILES string of the molecule is O=C(Cn1cccn1)N1C[C@@H]2C[C@H](C1)c1cc(-c3ccccc3)cc(=O)n1C2. The average Bonchev–Trinajstić information content (AvgIpc) is 3.22. The van der Waals surface area contributed by atoms with Crippen molar-refractivity contribution in [3.63, 3.8) is 0 Å². The molecule has 0 unspecified atom stereocenters. The highest BCUT2D eigenvalue weighted by atomic mass is 16.2. The Balaban J connectivity index is 1.44. The van der Waals surface area contributed by atoms with Crippen LogP contribution >= 0.6 is 0 Å². The van der Waals surface area contributed by atoms with E-state index in [4.69, 9.17) is 0 Å². The number of hydrogen-bond donors (Lipinski definition) is 0. The minimum Gasteiger partial charge on any atom is -0.340 e. The zero-order valence-corrected chi connectivity index (χ0v) is 15.6. The summed E-state index contributed by atoms with van der Waals surface area (Å²) in [6.45, 7) is 2.33. The van der Waals surface area contributed by atoms with Gasteiger partial charge >= 0.3 is 0 Å². The summed E-state index contributed by atoms with van der Waals surface area (Å²) in [5.41, 5.74) is 3.12. The van der Waals surface area contributed by atoms with Gasteiger partial charge in [-0.15, -0.1) is 0 Å². The van der Waals surface area contributed by atoms with E-state index in [-0.39, 0.29) is 23.9 Å². The maximum absolute atomic E-state index is 12.8. The molecular weight excluding hydrogens is 352 g/mol. The molecule has 2 aromatic heterocycles. The Morgan fingerprint density at radius 1 is 1.04 bits per heavy atom. The summed E-state index contributed by atoms with van der Waals surface area (Å²) in [7, 11) is 0. The van der Waals surface area contributed by atoms with E-state index in [1.807, 2.05) is 52.1 Å². The standard InChI is InChI=1S/C22H22N4O2/c27-21-11-18(17-5-2-1-3-6-17)10-20-19-9-16(13-26(20)21)12-24(14-19)22(28)15-25-8-4-7-23-25/h1-8,10-11,16,19H,9,12-15H2/t16-,19+/m0/s1. The topological polar surface area (TPSA) is 60.1 Å². The Morgan fingerprint density at radius 2 is 1.89 bits per heavy atom. The number of rotatable bonds is 3. The molecule has 142 valence electrons. The lowest BCUT2D eigenvalue weighted by molar-refractivity contribution is -0.134. The van der Waals surface area contributed by atoms with Gasteiger partial charge in [-0.2, -0.15) is 5.10 Å². The van der Waals surface area contributed by atoms with Crippen LogP contribution in [0.5, 0.6) is 0 Å². The Bertz CT molecular complexity index is 1060. The molecule has 4 heterocycles. The monoisotopic (exact) mass is 374 g/mol. The van der Waals surface area contributed by atoms with Gasteiger partial charge in [0.1, 0.15) is 6.54 Å². The largest absolute Gasteiger partial charge is 0.340 e. The van der Waals surface area contributed by atoms with Gasteiger partial charge in [0.15, 0.2) is 0 Å². The lowest BCUT2D eigenvalue weighted by Crippen LogP contribution is -2.49. The smallest absolute Gasteiger partial charge is 0.251 e. The van der Waals surface area contributed by atoms with Crippen molar-refractivity contribution in [3.8, 4) is 11.1 Å². The molecule has 5 rings (SSSR count). The summed E-state index contributed by atoms with van der Waals surface area (Å²) in [6, 6.07) is 15.7. The molecule has 0 saturated carbocycles. The van der Waals surface area contributed by atoms with Gasteiger partial charge in [0.05, 0.1) is 0 Å². The summed E-state index contributed by atoms with van der Waals surface area (Å²) < 4.78 is 3.58. The maximum Gasteiger partial charge on any atom is 0.251 e. The van der Waals surface area contributed by atoms with Crippen molar-refractivity contribution in [2.75, 3.05) is 13.1 Å². The van der Waals surface area contributed by atoms with Crippen LogP contribution in [0.25, 0.3) is 11.1 Å². The Morgan fingerprint density at radius 3 is 2.68 bits per heavy atom. The number of likely N-dealkylation sites (tertiary alicyclic amines) is 1. The zero-order chi connectivity index (χ0) is 19.1. The second kappa shape index (κ2) is 6.78. The van der Waals surface area contributed by atoms with Crippen LogP contribution in [0.1, 0.15) is 18.0 Å². The molecule has 0 N–H and O–H groups in total. The molecule has 2 atom stereocenters. The first-order valence-corrected chi connectivity index (χ1v) is 9.73. The quantitative estimate of drug-likeness (QED) is 0.707. The third kappa shape index (κ3) is 3.05. The highest BCUT2D eigenvalue weighted by Crippen LogP contribution is 2.36. The van der Waals surface area contributed by atoms with Crippen LogP contribution < -0.4 is 5.56 Å². The summed E-state index contributed by atoms with van der Waals surface area (Å²) >= 11 is 0. The van der Waals surface area contributed by atoms with Gasteiger partial charge in [0.25, 0.3) is 5.56 Å². The second-order valence-corrected chi connectivity index (χ2v) is 7.78. The van der Waals surface area contributed by atoms with E-state index in [1.165, 1.54) is 0 Å². The molecule has 1 amide bonds. The van der Waals surface area contributed by atoms with Crippen molar-refractivity contribution < 1.29 is 4.79 Å². The molecule has 2 bridgehead atoms. The highest BCUT2D eigenvalue weighted by Gasteiger charge is 2.36. The van der Waals surface area contributed by atoms with Crippen LogP contribution in [0.15, 0.2) is 65.7 Å². The maximum atomic E-state index is 12.8. The fourth-order valence-electron chi connectivity index (χ4n) is 4.59. The average molecular weight is 374 g/mol. The number of aromatic nitrogens is 3. The van der Waals surface area contributed by atoms with E-state index in [9.17, 15) is 9.59 Å². The second-order valence-electron chi connectivity index (χ2n) is 7.78. The van der Waals surface area contributed by atoms with Crippen molar-refractivity contribution in [2.24, 2.45) is 5.92 Å². The molecule has 0 spiro atoms. The Kier molecular flexibility index (Phi) is 4.11. The van der Waals surface area contributed by atoms with Crippen molar-refractivity contribution in [1.29, 1.82) is 0 Å². The van der Waals surface area contributed by atoms with E-state index in [2.05, 4.69) is 11.2 Å². The first-order chi connectivity index (χ1) is 13.7. The minimum absolute atomic E-state index is 0.0578. The molecule has 28 heavy (non-hydrogen) atoms. The van der Waals surface area contributed by atoms with E-state index >= 15 is 0 Å². The van der Waals surface area contributed by atoms with Crippen molar-refractivity contribution in [1.82, 2.24) is 19.2 Å². The van der Waals surface area contributed by atoms with Crippen molar-refractivity contribution in [3.05, 3.63) is 77.0 Å². The van der Waals surface area contributed by atoms with E-state index < -0.39 is 0 Å². The van der Waals surface area contributed by atoms with Crippen LogP contribution in [-0.4, -0.2) is 38.2 Å².